The zero-order valence-corrected chi connectivity index (χ0v) is 10.7. The average Bonchev–Trinajstić information content (AvgIpc) is 2.70. The van der Waals surface area contributed by atoms with Crippen LogP contribution in [0.1, 0.15) is 6.92 Å². The number of anilines is 1. The van der Waals surface area contributed by atoms with Crippen molar-refractivity contribution in [3.63, 3.8) is 0 Å². The highest BCUT2D eigenvalue weighted by Gasteiger charge is 2.21. The largest absolute Gasteiger partial charge is 0.325 e. The molecule has 17 heavy (non-hydrogen) atoms. The van der Waals surface area contributed by atoms with Crippen LogP contribution < -0.4 is 5.32 Å². The van der Waals surface area contributed by atoms with Gasteiger partial charge in [-0.05, 0) is 18.2 Å². The summed E-state index contributed by atoms with van der Waals surface area (Å²) in [4.78, 5) is 17.1. The van der Waals surface area contributed by atoms with Gasteiger partial charge in [0.15, 0.2) is 0 Å². The molecule has 1 aromatic carbocycles. The van der Waals surface area contributed by atoms with E-state index in [4.69, 9.17) is 23.2 Å². The van der Waals surface area contributed by atoms with Crippen LogP contribution >= 0.6 is 23.2 Å². The highest BCUT2D eigenvalue weighted by molar-refractivity contribution is 6.36. The van der Waals surface area contributed by atoms with E-state index in [2.05, 4.69) is 10.3 Å². The standard InChI is InChI=1S/C11H11Cl2N3O/c1-7(17)16-5-4-14-11(16)15-10-3-2-8(12)6-9(10)13/h2-3,6H,4-5H2,1H3,(H,14,15). The van der Waals surface area contributed by atoms with Crippen molar-refractivity contribution >= 4 is 40.8 Å². The number of hydrogen-bond acceptors (Lipinski definition) is 3. The number of nitrogens with one attached hydrogen (secondary N) is 1. The SMILES string of the molecule is CC(=O)N1CCN=C1Nc1ccc(Cl)cc1Cl. The average molecular weight is 272 g/mol. The van der Waals surface area contributed by atoms with Gasteiger partial charge in [0, 0.05) is 18.5 Å². The third-order valence-electron chi connectivity index (χ3n) is 2.40. The summed E-state index contributed by atoms with van der Waals surface area (Å²) in [5.74, 6) is 0.487. The van der Waals surface area contributed by atoms with Crippen molar-refractivity contribution in [2.45, 2.75) is 6.92 Å². The monoisotopic (exact) mass is 271 g/mol. The number of aliphatic imine (C=N–C) groups is 1. The summed E-state index contributed by atoms with van der Waals surface area (Å²) in [5.41, 5.74) is 0.683. The Morgan fingerprint density at radius 2 is 2.24 bits per heavy atom. The second-order valence-electron chi connectivity index (χ2n) is 3.63. The van der Waals surface area contributed by atoms with Gasteiger partial charge in [0.05, 0.1) is 17.3 Å². The number of nitrogens with zero attached hydrogens (tertiary/aromatic N) is 2. The molecule has 4 nitrogen and oxygen atoms in total. The lowest BCUT2D eigenvalue weighted by Crippen LogP contribution is -2.36. The van der Waals surface area contributed by atoms with Crippen LogP contribution in [0, 0.1) is 0 Å². The van der Waals surface area contributed by atoms with Crippen molar-refractivity contribution < 1.29 is 4.79 Å². The first-order valence-electron chi connectivity index (χ1n) is 5.12. The number of carbonyl (C=O) groups is 1. The number of carbonyl (C=O) groups excluding carboxylic acids is 1. The third-order valence-corrected chi connectivity index (χ3v) is 2.95. The minimum absolute atomic E-state index is 0.0427. The van der Waals surface area contributed by atoms with E-state index < -0.39 is 0 Å². The smallest absolute Gasteiger partial charge is 0.226 e. The predicted octanol–water partition coefficient (Wildman–Crippen LogP) is 2.62. The highest BCUT2D eigenvalue weighted by atomic mass is 35.5. The van der Waals surface area contributed by atoms with Gasteiger partial charge in [0.2, 0.25) is 11.9 Å². The Bertz CT molecular complexity index is 488. The van der Waals surface area contributed by atoms with Crippen LogP contribution in [0.25, 0.3) is 0 Å². The molecule has 1 aliphatic rings. The Morgan fingerprint density at radius 1 is 1.47 bits per heavy atom. The van der Waals surface area contributed by atoms with E-state index in [1.165, 1.54) is 6.92 Å². The van der Waals surface area contributed by atoms with Crippen LogP contribution in [0.2, 0.25) is 10.0 Å². The van der Waals surface area contributed by atoms with E-state index in [1.54, 1.807) is 23.1 Å². The van der Waals surface area contributed by atoms with Crippen LogP contribution in [0.4, 0.5) is 5.69 Å². The second kappa shape index (κ2) is 4.94. The molecule has 90 valence electrons. The van der Waals surface area contributed by atoms with Crippen molar-refractivity contribution in [3.8, 4) is 0 Å². The maximum absolute atomic E-state index is 11.3. The van der Waals surface area contributed by atoms with Crippen molar-refractivity contribution in [1.29, 1.82) is 0 Å². The predicted molar refractivity (Wildman–Crippen MR) is 69.8 cm³/mol. The van der Waals surface area contributed by atoms with E-state index in [0.717, 1.165) is 0 Å². The Balaban J connectivity index is 2.18. The summed E-state index contributed by atoms with van der Waals surface area (Å²) in [6.07, 6.45) is 0. The van der Waals surface area contributed by atoms with Crippen molar-refractivity contribution in [1.82, 2.24) is 4.90 Å². The minimum Gasteiger partial charge on any atom is -0.325 e. The van der Waals surface area contributed by atoms with Crippen molar-refractivity contribution in [2.24, 2.45) is 4.99 Å². The molecule has 0 unspecified atom stereocenters. The zero-order valence-electron chi connectivity index (χ0n) is 9.20. The summed E-state index contributed by atoms with van der Waals surface area (Å²) in [6.45, 7) is 2.71. The minimum atomic E-state index is -0.0427. The van der Waals surface area contributed by atoms with E-state index >= 15 is 0 Å². The second-order valence-corrected chi connectivity index (χ2v) is 4.47. The molecule has 0 spiro atoms. The molecule has 0 fully saturated rings. The van der Waals surface area contributed by atoms with E-state index in [0.29, 0.717) is 34.8 Å². The topological polar surface area (TPSA) is 44.7 Å². The molecule has 1 aromatic rings. The van der Waals surface area contributed by atoms with Gasteiger partial charge in [-0.25, -0.2) is 0 Å². The van der Waals surface area contributed by atoms with Crippen LogP contribution in [0.5, 0.6) is 0 Å². The molecule has 0 aliphatic carbocycles. The van der Waals surface area contributed by atoms with Crippen LogP contribution in [-0.4, -0.2) is 29.9 Å². The molecule has 0 saturated carbocycles. The first-order chi connectivity index (χ1) is 8.08. The molecule has 1 aliphatic heterocycles. The van der Waals surface area contributed by atoms with Gasteiger partial charge < -0.3 is 5.32 Å². The molecule has 0 radical (unpaired) electrons. The first-order valence-corrected chi connectivity index (χ1v) is 5.88. The first kappa shape index (κ1) is 12.2. The molecule has 1 heterocycles. The zero-order chi connectivity index (χ0) is 12.4. The maximum atomic E-state index is 11.3. The Kier molecular flexibility index (Phi) is 3.54. The number of benzene rings is 1. The summed E-state index contributed by atoms with van der Waals surface area (Å²) in [5, 5.41) is 4.10. The highest BCUT2D eigenvalue weighted by Crippen LogP contribution is 2.25. The van der Waals surface area contributed by atoms with Crippen LogP contribution in [0.15, 0.2) is 23.2 Å². The molecular formula is C11H11Cl2N3O. The van der Waals surface area contributed by atoms with Gasteiger partial charge in [-0.1, -0.05) is 23.2 Å². The lowest BCUT2D eigenvalue weighted by Gasteiger charge is -2.17. The summed E-state index contributed by atoms with van der Waals surface area (Å²) in [6, 6.07) is 5.12. The van der Waals surface area contributed by atoms with Gasteiger partial charge >= 0.3 is 0 Å². The third kappa shape index (κ3) is 2.70. The summed E-state index contributed by atoms with van der Waals surface area (Å²) < 4.78 is 0. The number of amides is 1. The van der Waals surface area contributed by atoms with Crippen LogP contribution in [-0.2, 0) is 4.79 Å². The quantitative estimate of drug-likeness (QED) is 0.854. The molecular weight excluding hydrogens is 261 g/mol. The normalized spacial score (nSPS) is 14.8. The molecule has 0 saturated heterocycles. The lowest BCUT2D eigenvalue weighted by atomic mass is 10.3. The maximum Gasteiger partial charge on any atom is 0.226 e. The number of guanidine groups is 1. The van der Waals surface area contributed by atoms with Gasteiger partial charge in [-0.15, -0.1) is 0 Å². The van der Waals surface area contributed by atoms with Gasteiger partial charge in [-0.3, -0.25) is 14.7 Å². The van der Waals surface area contributed by atoms with E-state index in [1.807, 2.05) is 0 Å². The van der Waals surface area contributed by atoms with E-state index in [-0.39, 0.29) is 5.91 Å². The molecule has 2 rings (SSSR count). The molecule has 1 N–H and O–H groups in total. The van der Waals surface area contributed by atoms with Gasteiger partial charge in [0.25, 0.3) is 0 Å². The number of halogens is 2. The van der Waals surface area contributed by atoms with Crippen LogP contribution in [0.3, 0.4) is 0 Å². The number of hydrogen-bond donors (Lipinski definition) is 1. The molecule has 6 heteroatoms. The summed E-state index contributed by atoms with van der Waals surface area (Å²) >= 11 is 11.8. The lowest BCUT2D eigenvalue weighted by molar-refractivity contribution is -0.124. The van der Waals surface area contributed by atoms with Crippen molar-refractivity contribution in [3.05, 3.63) is 28.2 Å². The fraction of sp³-hybridized carbons (Fsp3) is 0.273. The van der Waals surface area contributed by atoms with Gasteiger partial charge in [0.1, 0.15) is 0 Å². The van der Waals surface area contributed by atoms with E-state index in [9.17, 15) is 4.79 Å². The molecule has 0 bridgehead atoms. The molecule has 1 amide bonds. The Hall–Kier alpha value is -1.26. The van der Waals surface area contributed by atoms with Gasteiger partial charge in [-0.2, -0.15) is 0 Å². The Morgan fingerprint density at radius 3 is 2.88 bits per heavy atom. The summed E-state index contributed by atoms with van der Waals surface area (Å²) in [7, 11) is 0. The fourth-order valence-electron chi connectivity index (χ4n) is 1.57. The molecule has 0 atom stereocenters. The molecule has 0 aromatic heterocycles. The number of rotatable bonds is 1. The fourth-order valence-corrected chi connectivity index (χ4v) is 2.03. The Labute approximate surface area is 109 Å². The van der Waals surface area contributed by atoms with Crippen molar-refractivity contribution in [2.75, 3.05) is 18.4 Å².